The fourth-order valence-corrected chi connectivity index (χ4v) is 2.74. The van der Waals surface area contributed by atoms with Crippen molar-refractivity contribution >= 4 is 5.78 Å². The van der Waals surface area contributed by atoms with Crippen LogP contribution in [0.2, 0.25) is 0 Å². The number of rotatable bonds is 5. The summed E-state index contributed by atoms with van der Waals surface area (Å²) in [6, 6.07) is 5.98. The quantitative estimate of drug-likeness (QED) is 0.761. The third-order valence-electron chi connectivity index (χ3n) is 4.72. The highest BCUT2D eigenvalue weighted by Gasteiger charge is 2.28. The molecule has 0 N–H and O–H groups in total. The Balaban J connectivity index is 1.80. The van der Waals surface area contributed by atoms with Crippen LogP contribution >= 0.6 is 0 Å². The van der Waals surface area contributed by atoms with E-state index < -0.39 is 0 Å². The van der Waals surface area contributed by atoms with Crippen LogP contribution in [0.5, 0.6) is 0 Å². The smallest absolute Gasteiger partial charge is 0.164 e. The maximum absolute atomic E-state index is 13.1. The van der Waals surface area contributed by atoms with Crippen LogP contribution in [0.3, 0.4) is 0 Å². The van der Waals surface area contributed by atoms with Crippen LogP contribution in [-0.4, -0.2) is 30.3 Å². The predicted octanol–water partition coefficient (Wildman–Crippen LogP) is 3.91. The molecule has 1 aromatic rings. The normalized spacial score (nSPS) is 18.9. The largest absolute Gasteiger partial charge is 0.303 e. The van der Waals surface area contributed by atoms with Crippen molar-refractivity contribution in [3.8, 4) is 0 Å². The van der Waals surface area contributed by atoms with Crippen molar-refractivity contribution in [1.82, 2.24) is 4.90 Å². The first-order valence-corrected chi connectivity index (χ1v) is 7.53. The van der Waals surface area contributed by atoms with Gasteiger partial charge in [-0.1, -0.05) is 32.4 Å². The monoisotopic (exact) mass is 277 g/mol. The van der Waals surface area contributed by atoms with E-state index in [1.165, 1.54) is 31.4 Å². The predicted molar refractivity (Wildman–Crippen MR) is 79.4 cm³/mol. The minimum Gasteiger partial charge on any atom is -0.303 e. The van der Waals surface area contributed by atoms with Gasteiger partial charge in [0.15, 0.2) is 5.78 Å². The highest BCUT2D eigenvalue weighted by Crippen LogP contribution is 2.33. The highest BCUT2D eigenvalue weighted by atomic mass is 19.1. The molecule has 1 aliphatic rings. The Labute approximate surface area is 121 Å². The molecule has 1 aromatic carbocycles. The van der Waals surface area contributed by atoms with Crippen molar-refractivity contribution in [2.75, 3.05) is 19.6 Å². The summed E-state index contributed by atoms with van der Waals surface area (Å²) in [7, 11) is 0. The third kappa shape index (κ3) is 3.89. The van der Waals surface area contributed by atoms with Crippen LogP contribution in [0.25, 0.3) is 0 Å². The molecule has 3 heteroatoms. The van der Waals surface area contributed by atoms with Crippen LogP contribution < -0.4 is 0 Å². The van der Waals surface area contributed by atoms with E-state index in [0.29, 0.717) is 17.4 Å². The molecule has 0 bridgehead atoms. The van der Waals surface area contributed by atoms with Crippen LogP contribution in [0.4, 0.5) is 4.39 Å². The second kappa shape index (κ2) is 6.49. The lowest BCUT2D eigenvalue weighted by Gasteiger charge is -2.38. The van der Waals surface area contributed by atoms with Gasteiger partial charge in [0.2, 0.25) is 0 Å². The molecule has 20 heavy (non-hydrogen) atoms. The van der Waals surface area contributed by atoms with Crippen molar-refractivity contribution in [3.05, 3.63) is 35.6 Å². The first-order chi connectivity index (χ1) is 9.52. The van der Waals surface area contributed by atoms with E-state index in [9.17, 15) is 9.18 Å². The molecule has 0 amide bonds. The molecule has 1 saturated heterocycles. The molecule has 0 aliphatic carbocycles. The molecule has 1 heterocycles. The van der Waals surface area contributed by atoms with Gasteiger partial charge in [0.25, 0.3) is 0 Å². The maximum Gasteiger partial charge on any atom is 0.164 e. The number of hydrogen-bond acceptors (Lipinski definition) is 2. The van der Waals surface area contributed by atoms with Gasteiger partial charge < -0.3 is 4.90 Å². The number of benzene rings is 1. The van der Waals surface area contributed by atoms with Gasteiger partial charge in [0, 0.05) is 18.5 Å². The molecule has 2 rings (SSSR count). The summed E-state index contributed by atoms with van der Waals surface area (Å²) in [5.41, 5.74) is 0.962. The number of carbonyl (C=O) groups is 1. The average Bonchev–Trinajstić information content (AvgIpc) is 2.46. The lowest BCUT2D eigenvalue weighted by atomic mass is 9.78. The van der Waals surface area contributed by atoms with E-state index in [0.717, 1.165) is 19.6 Å². The summed E-state index contributed by atoms with van der Waals surface area (Å²) in [6.45, 7) is 7.53. The van der Waals surface area contributed by atoms with Crippen LogP contribution in [-0.2, 0) is 0 Å². The van der Waals surface area contributed by atoms with Gasteiger partial charge in [0.1, 0.15) is 5.82 Å². The van der Waals surface area contributed by atoms with E-state index in [2.05, 4.69) is 18.7 Å². The molecule has 110 valence electrons. The zero-order valence-electron chi connectivity index (χ0n) is 12.5. The topological polar surface area (TPSA) is 20.3 Å². The van der Waals surface area contributed by atoms with Crippen LogP contribution in [0.15, 0.2) is 24.3 Å². The summed E-state index contributed by atoms with van der Waals surface area (Å²) in [5, 5.41) is 0. The molecule has 0 radical (unpaired) electrons. The summed E-state index contributed by atoms with van der Waals surface area (Å²) in [4.78, 5) is 14.4. The van der Waals surface area contributed by atoms with Crippen molar-refractivity contribution in [2.45, 2.75) is 39.5 Å². The number of nitrogens with zero attached hydrogens (tertiary/aromatic N) is 1. The molecular formula is C17H24FNO. The van der Waals surface area contributed by atoms with Crippen molar-refractivity contribution < 1.29 is 9.18 Å². The minimum atomic E-state index is -0.340. The Hall–Kier alpha value is -1.22. The first kappa shape index (κ1) is 15.2. The van der Waals surface area contributed by atoms with E-state index in [-0.39, 0.29) is 11.6 Å². The van der Waals surface area contributed by atoms with Gasteiger partial charge >= 0.3 is 0 Å². The molecule has 1 aliphatic heterocycles. The number of ketones is 1. The Morgan fingerprint density at radius 2 is 2.05 bits per heavy atom. The fourth-order valence-electron chi connectivity index (χ4n) is 2.74. The Morgan fingerprint density at radius 3 is 2.65 bits per heavy atom. The number of piperidine rings is 1. The zero-order valence-corrected chi connectivity index (χ0v) is 12.5. The lowest BCUT2D eigenvalue weighted by Crippen LogP contribution is -2.39. The molecule has 0 unspecified atom stereocenters. The van der Waals surface area contributed by atoms with Gasteiger partial charge in [0.05, 0.1) is 0 Å². The maximum atomic E-state index is 13.1. The fraction of sp³-hybridized carbons (Fsp3) is 0.588. The number of Topliss-reactive ketones (excluding diaryl/α,β-unsaturated/α-hetero) is 1. The zero-order chi connectivity index (χ0) is 14.6. The van der Waals surface area contributed by atoms with Crippen LogP contribution in [0, 0.1) is 11.2 Å². The molecule has 0 saturated carbocycles. The summed E-state index contributed by atoms with van der Waals surface area (Å²) in [5.74, 6) is -0.305. The summed E-state index contributed by atoms with van der Waals surface area (Å²) >= 11 is 0. The standard InChI is InChI=1S/C17H24FNO/c1-3-17(2)8-11-19(12-9-17)10-7-16(20)14-5-4-6-15(18)13-14/h4-6,13H,3,7-12H2,1-2H3. The number of likely N-dealkylation sites (tertiary alicyclic amines) is 1. The van der Waals surface area contributed by atoms with Crippen molar-refractivity contribution in [1.29, 1.82) is 0 Å². The first-order valence-electron chi connectivity index (χ1n) is 7.53. The number of halogens is 1. The average molecular weight is 277 g/mol. The molecule has 0 atom stereocenters. The molecule has 1 fully saturated rings. The highest BCUT2D eigenvalue weighted by molar-refractivity contribution is 5.96. The lowest BCUT2D eigenvalue weighted by molar-refractivity contribution is 0.0902. The number of carbonyl (C=O) groups excluding carboxylic acids is 1. The van der Waals surface area contributed by atoms with Gasteiger partial charge in [-0.3, -0.25) is 4.79 Å². The molecule has 2 nitrogen and oxygen atoms in total. The second-order valence-corrected chi connectivity index (χ2v) is 6.19. The van der Waals surface area contributed by atoms with Gasteiger partial charge in [-0.05, 0) is 43.5 Å². The Morgan fingerprint density at radius 1 is 1.35 bits per heavy atom. The molecular weight excluding hydrogens is 253 g/mol. The third-order valence-corrected chi connectivity index (χ3v) is 4.72. The molecule has 0 aromatic heterocycles. The van der Waals surface area contributed by atoms with Gasteiger partial charge in [-0.15, -0.1) is 0 Å². The summed E-state index contributed by atoms with van der Waals surface area (Å²) < 4.78 is 13.1. The summed E-state index contributed by atoms with van der Waals surface area (Å²) in [6.07, 6.45) is 4.12. The second-order valence-electron chi connectivity index (χ2n) is 6.19. The van der Waals surface area contributed by atoms with E-state index in [1.807, 2.05) is 0 Å². The van der Waals surface area contributed by atoms with Crippen LogP contribution in [0.1, 0.15) is 49.9 Å². The Bertz CT molecular complexity index is 464. The SMILES string of the molecule is CCC1(C)CCN(CCC(=O)c2cccc(F)c2)CC1. The van der Waals surface area contributed by atoms with Gasteiger partial charge in [-0.25, -0.2) is 4.39 Å². The minimum absolute atomic E-state index is 0.0355. The van der Waals surface area contributed by atoms with E-state index in [1.54, 1.807) is 12.1 Å². The van der Waals surface area contributed by atoms with E-state index in [4.69, 9.17) is 0 Å². The van der Waals surface area contributed by atoms with Crippen molar-refractivity contribution in [2.24, 2.45) is 5.41 Å². The number of hydrogen-bond donors (Lipinski definition) is 0. The molecule has 0 spiro atoms. The van der Waals surface area contributed by atoms with Crippen molar-refractivity contribution in [3.63, 3.8) is 0 Å². The van der Waals surface area contributed by atoms with Gasteiger partial charge in [-0.2, -0.15) is 0 Å². The Kier molecular flexibility index (Phi) is 4.92. The van der Waals surface area contributed by atoms with E-state index >= 15 is 0 Å².